The van der Waals surface area contributed by atoms with Crippen LogP contribution in [0.2, 0.25) is 0 Å². The van der Waals surface area contributed by atoms with Crippen LogP contribution in [-0.4, -0.2) is 38.9 Å². The number of benzene rings is 3. The zero-order valence-corrected chi connectivity index (χ0v) is 27.4. The van der Waals surface area contributed by atoms with Crippen LogP contribution in [0.4, 0.5) is 11.4 Å². The monoisotopic (exact) mass is 690 g/mol. The number of anilines is 1. The summed E-state index contributed by atoms with van der Waals surface area (Å²) in [6.45, 7) is 4.03. The van der Waals surface area contributed by atoms with Gasteiger partial charge in [-0.25, -0.2) is 4.94 Å². The minimum absolute atomic E-state index is 0. The first-order valence-corrected chi connectivity index (χ1v) is 15.2. The van der Waals surface area contributed by atoms with Crippen LogP contribution in [-0.2, 0) is 45.3 Å². The first-order valence-electron chi connectivity index (χ1n) is 10.9. The SMILES string of the molecule is CC(C)c1ccc(S(=O)(=O)O)cc1.N#[N+]c1ccc(S(=O)(=O)O)cc1.Nc1ccc(S(=O)(=O)O)cc1.O=NONOO[O-].[Na+]. The van der Waals surface area contributed by atoms with Gasteiger partial charge in [0.05, 0.1) is 14.7 Å². The Morgan fingerprint density at radius 3 is 1.45 bits per heavy atom. The Bertz CT molecular complexity index is 1650. The fourth-order valence-electron chi connectivity index (χ4n) is 2.39. The van der Waals surface area contributed by atoms with Gasteiger partial charge in [0.1, 0.15) is 0 Å². The van der Waals surface area contributed by atoms with E-state index in [1.165, 1.54) is 54.2 Å². The van der Waals surface area contributed by atoms with Crippen LogP contribution in [0.15, 0.2) is 92.8 Å². The van der Waals surface area contributed by atoms with E-state index in [2.05, 4.69) is 19.9 Å². The van der Waals surface area contributed by atoms with Gasteiger partial charge in [0.2, 0.25) is 5.39 Å². The second kappa shape index (κ2) is 20.7. The van der Waals surface area contributed by atoms with Crippen LogP contribution in [0.1, 0.15) is 25.3 Å². The van der Waals surface area contributed by atoms with Crippen LogP contribution in [0.5, 0.6) is 0 Å². The van der Waals surface area contributed by atoms with Crippen LogP contribution in [0.3, 0.4) is 0 Å². The third kappa shape index (κ3) is 18.5. The maximum Gasteiger partial charge on any atom is 1.00 e. The molecule has 0 amide bonds. The molecule has 0 fully saturated rings. The molecule has 0 spiro atoms. The van der Waals surface area contributed by atoms with Crippen LogP contribution >= 0.6 is 0 Å². The van der Waals surface area contributed by atoms with Gasteiger partial charge < -0.3 is 11.0 Å². The van der Waals surface area contributed by atoms with Crippen molar-refractivity contribution >= 4 is 41.7 Å². The maximum atomic E-state index is 10.7. The van der Waals surface area contributed by atoms with Gasteiger partial charge in [0.25, 0.3) is 30.4 Å². The fourth-order valence-corrected chi connectivity index (χ4v) is 3.83. The topological polar surface area (TPSA) is 309 Å². The summed E-state index contributed by atoms with van der Waals surface area (Å²) in [5.74, 6) is 0.357. The first-order chi connectivity index (χ1) is 19.9. The van der Waals surface area contributed by atoms with Crippen molar-refractivity contribution in [3.63, 3.8) is 0 Å². The molecule has 0 unspecified atom stereocenters. The summed E-state index contributed by atoms with van der Waals surface area (Å²) < 4.78 is 89.0. The Hall–Kier alpha value is -3.15. The van der Waals surface area contributed by atoms with Crippen molar-refractivity contribution in [1.29, 1.82) is 5.39 Å². The largest absolute Gasteiger partial charge is 1.00 e. The molecule has 236 valence electrons. The Labute approximate surface area is 273 Å². The van der Waals surface area contributed by atoms with E-state index >= 15 is 0 Å². The number of nitrogens with one attached hydrogen (secondary N) is 1. The van der Waals surface area contributed by atoms with Gasteiger partial charge in [0.15, 0.2) is 10.3 Å². The van der Waals surface area contributed by atoms with Gasteiger partial charge in [-0.05, 0) is 60.0 Å². The standard InChI is InChI=1S/C9H12O3S.C6H4N2O3S.C6H7NO3S.H2N2O5.Na/c1-7(2)8-3-5-9(6-4-8)13(10,11)12;7-8-5-1-3-6(4-2-5)12(9,10)11;7-5-1-3-6(4-2-5)11(8,9)10;3-1-5-2-6-7-4;/h3-7H,1-2H3,(H,10,11,12);1-4H;1-4H,7H2,(H,8,9,10);2,4H;/q;;;;+1. The van der Waals surface area contributed by atoms with Crippen LogP contribution < -0.4 is 46.2 Å². The van der Waals surface area contributed by atoms with E-state index in [4.69, 9.17) is 34.9 Å². The average molecular weight is 691 g/mol. The molecule has 3 aromatic carbocycles. The average Bonchev–Trinajstić information content (AvgIpc) is 2.93. The van der Waals surface area contributed by atoms with Gasteiger partial charge in [-0.3, -0.25) is 18.7 Å². The molecule has 0 saturated heterocycles. The van der Waals surface area contributed by atoms with E-state index in [-0.39, 0.29) is 49.9 Å². The summed E-state index contributed by atoms with van der Waals surface area (Å²) >= 11 is 0. The summed E-state index contributed by atoms with van der Waals surface area (Å²) in [7, 11) is -12.3. The Kier molecular flexibility index (Phi) is 20.3. The summed E-state index contributed by atoms with van der Waals surface area (Å²) in [6.07, 6.45) is 0. The van der Waals surface area contributed by atoms with E-state index in [1.807, 2.05) is 13.8 Å². The van der Waals surface area contributed by atoms with Crippen molar-refractivity contribution in [2.75, 3.05) is 5.73 Å². The number of nitrogens with zero attached hydrogens (tertiary/aromatic N) is 3. The zero-order chi connectivity index (χ0) is 33.3. The van der Waals surface area contributed by atoms with Gasteiger partial charge in [0, 0.05) is 23.5 Å². The smallest absolute Gasteiger partial charge is 0.690 e. The molecule has 0 aliphatic rings. The first kappa shape index (κ1) is 43.0. The maximum absolute atomic E-state index is 10.7. The van der Waals surface area contributed by atoms with E-state index in [0.29, 0.717) is 11.6 Å². The molecule has 0 radical (unpaired) electrons. The molecule has 0 aliphatic heterocycles. The third-order valence-corrected chi connectivity index (χ3v) is 7.02. The minimum atomic E-state index is -4.15. The third-order valence-electron chi connectivity index (χ3n) is 4.42. The van der Waals surface area contributed by atoms with E-state index < -0.39 is 30.4 Å². The van der Waals surface area contributed by atoms with Gasteiger partial charge in [-0.15, -0.1) is 9.90 Å². The molecule has 0 aromatic heterocycles. The molecular formula is C21H25N5NaO14S3+. The normalized spacial score (nSPS) is 10.6. The van der Waals surface area contributed by atoms with Crippen molar-refractivity contribution in [2.45, 2.75) is 34.5 Å². The van der Waals surface area contributed by atoms with E-state index in [0.717, 1.165) is 17.7 Å². The molecule has 0 atom stereocenters. The van der Waals surface area contributed by atoms with Gasteiger partial charge in [-0.2, -0.15) is 25.3 Å². The molecule has 0 aliphatic carbocycles. The van der Waals surface area contributed by atoms with Crippen molar-refractivity contribution in [1.82, 2.24) is 5.64 Å². The molecule has 3 rings (SSSR count). The molecule has 6 N–H and O–H groups in total. The summed E-state index contributed by atoms with van der Waals surface area (Å²) in [5.41, 5.74) is 8.29. The quantitative estimate of drug-likeness (QED) is 0.0286. The van der Waals surface area contributed by atoms with Crippen LogP contribution in [0, 0.1) is 10.3 Å². The second-order valence-electron chi connectivity index (χ2n) is 7.71. The number of rotatable bonds is 8. The van der Waals surface area contributed by atoms with E-state index in [9.17, 15) is 25.3 Å². The Balaban J connectivity index is 0. The summed E-state index contributed by atoms with van der Waals surface area (Å²) in [5, 5.41) is 21.5. The van der Waals surface area contributed by atoms with Crippen molar-refractivity contribution in [2.24, 2.45) is 5.34 Å². The summed E-state index contributed by atoms with van der Waals surface area (Å²) in [6, 6.07) is 16.3. The van der Waals surface area contributed by atoms with Crippen molar-refractivity contribution < 1.29 is 88.7 Å². The molecule has 19 nitrogen and oxygen atoms in total. The molecule has 0 heterocycles. The van der Waals surface area contributed by atoms with Gasteiger partial charge in [-0.1, -0.05) is 26.0 Å². The second-order valence-corrected chi connectivity index (χ2v) is 12.0. The number of nitrogens with two attached hydrogens (primary N) is 1. The molecule has 0 saturated carbocycles. The predicted molar refractivity (Wildman–Crippen MR) is 144 cm³/mol. The number of diazo groups is 1. The molecule has 44 heavy (non-hydrogen) atoms. The molecule has 3 aromatic rings. The van der Waals surface area contributed by atoms with E-state index in [1.54, 1.807) is 17.5 Å². The molecule has 0 bridgehead atoms. The van der Waals surface area contributed by atoms with Crippen molar-refractivity contribution in [3.8, 4) is 0 Å². The predicted octanol–water partition coefficient (Wildman–Crippen LogP) is -0.678. The van der Waals surface area contributed by atoms with Gasteiger partial charge >= 0.3 is 35.2 Å². The minimum Gasteiger partial charge on any atom is -0.690 e. The Morgan fingerprint density at radius 2 is 1.16 bits per heavy atom. The number of hydrogen-bond acceptors (Lipinski definition) is 15. The molecule has 23 heteroatoms. The van der Waals surface area contributed by atoms with Crippen LogP contribution in [0.25, 0.3) is 4.98 Å². The Morgan fingerprint density at radius 1 is 0.795 bits per heavy atom. The number of hydrogen-bond donors (Lipinski definition) is 5. The fraction of sp³-hybridized carbons (Fsp3) is 0.143. The summed E-state index contributed by atoms with van der Waals surface area (Å²) in [4.78, 5) is 17.9. The van der Waals surface area contributed by atoms with Crippen molar-refractivity contribution in [3.05, 3.63) is 88.2 Å². The molecular weight excluding hydrogens is 665 g/mol. The zero-order valence-electron chi connectivity index (χ0n) is 23.0. The number of nitrogen functional groups attached to an aromatic ring is 1.